The maximum absolute atomic E-state index is 12.9. The summed E-state index contributed by atoms with van der Waals surface area (Å²) in [4.78, 5) is 32.1. The van der Waals surface area contributed by atoms with Crippen LogP contribution in [-0.2, 0) is 6.42 Å². The number of nitrogens with one attached hydrogen (secondary N) is 1. The van der Waals surface area contributed by atoms with Crippen LogP contribution in [0.25, 0.3) is 5.95 Å². The number of nitrogens with zero attached hydrogens (tertiary/aromatic N) is 6. The number of aromatic nitrogens is 4. The summed E-state index contributed by atoms with van der Waals surface area (Å²) in [6, 6.07) is 5.55. The monoisotopic (exact) mass is 425 g/mol. The van der Waals surface area contributed by atoms with Gasteiger partial charge in [0.1, 0.15) is 0 Å². The van der Waals surface area contributed by atoms with E-state index in [1.807, 2.05) is 13.8 Å². The molecule has 0 bridgehead atoms. The first-order chi connectivity index (χ1) is 14.8. The highest BCUT2D eigenvalue weighted by Crippen LogP contribution is 2.24. The van der Waals surface area contributed by atoms with Gasteiger partial charge in [-0.05, 0) is 39.3 Å². The maximum Gasteiger partial charge on any atom is 0.301 e. The molecule has 0 radical (unpaired) electrons. The molecule has 0 saturated heterocycles. The van der Waals surface area contributed by atoms with Crippen molar-refractivity contribution >= 4 is 17.1 Å². The minimum absolute atomic E-state index is 0.0525. The Bertz CT molecular complexity index is 1180. The van der Waals surface area contributed by atoms with Gasteiger partial charge in [0.05, 0.1) is 22.9 Å². The van der Waals surface area contributed by atoms with Gasteiger partial charge in [-0.3, -0.25) is 20.0 Å². The van der Waals surface area contributed by atoms with Crippen molar-refractivity contribution < 1.29 is 9.66 Å². The lowest BCUT2D eigenvalue weighted by Crippen LogP contribution is -2.19. The fraction of sp³-hybridized carbons (Fsp3) is 0.350. The molecule has 11 heteroatoms. The average Bonchev–Trinajstić information content (AvgIpc) is 3.02. The van der Waals surface area contributed by atoms with Crippen molar-refractivity contribution in [3.63, 3.8) is 0 Å². The van der Waals surface area contributed by atoms with Gasteiger partial charge in [0.25, 0.3) is 11.6 Å². The topological polar surface area (TPSA) is 141 Å². The number of aryl methyl sites for hydroxylation is 2. The zero-order valence-corrected chi connectivity index (χ0v) is 17.7. The smallest absolute Gasteiger partial charge is 0.301 e. The Hall–Kier alpha value is -3.89. The summed E-state index contributed by atoms with van der Waals surface area (Å²) in [5.41, 5.74) is 2.09. The van der Waals surface area contributed by atoms with Crippen molar-refractivity contribution in [3.05, 3.63) is 61.7 Å². The molecule has 0 fully saturated rings. The third-order valence-corrected chi connectivity index (χ3v) is 4.51. The minimum atomic E-state index is -0.500. The van der Waals surface area contributed by atoms with Crippen LogP contribution in [0.3, 0.4) is 0 Å². The minimum Gasteiger partial charge on any atom is -0.478 e. The van der Waals surface area contributed by atoms with Crippen LogP contribution in [0.15, 0.2) is 39.3 Å². The number of H-pyrrole nitrogens is 1. The molecule has 1 N–H and O–H groups in total. The molecule has 31 heavy (non-hydrogen) atoms. The van der Waals surface area contributed by atoms with Crippen molar-refractivity contribution in [3.8, 4) is 11.8 Å². The fourth-order valence-corrected chi connectivity index (χ4v) is 2.99. The van der Waals surface area contributed by atoms with Gasteiger partial charge >= 0.3 is 5.56 Å². The van der Waals surface area contributed by atoms with Crippen LogP contribution in [0, 0.1) is 24.0 Å². The van der Waals surface area contributed by atoms with Crippen molar-refractivity contribution in [1.29, 1.82) is 0 Å². The van der Waals surface area contributed by atoms with Crippen LogP contribution < -0.4 is 10.3 Å². The maximum atomic E-state index is 12.9. The zero-order valence-electron chi connectivity index (χ0n) is 17.7. The van der Waals surface area contributed by atoms with Crippen LogP contribution in [0.5, 0.6) is 5.88 Å². The van der Waals surface area contributed by atoms with Crippen molar-refractivity contribution in [1.82, 2.24) is 19.7 Å². The van der Waals surface area contributed by atoms with E-state index in [0.29, 0.717) is 23.9 Å². The third-order valence-electron chi connectivity index (χ3n) is 4.51. The van der Waals surface area contributed by atoms with Crippen LogP contribution in [-0.4, -0.2) is 31.3 Å². The number of aromatic amines is 1. The molecule has 2 heterocycles. The number of non-ortho nitro benzene ring substituents is 1. The number of hydrogen-bond donors (Lipinski definition) is 1. The average molecular weight is 425 g/mol. The van der Waals surface area contributed by atoms with Gasteiger partial charge in [-0.15, -0.1) is 5.11 Å². The number of azo groups is 1. The normalized spacial score (nSPS) is 11.2. The second-order valence-corrected chi connectivity index (χ2v) is 6.78. The van der Waals surface area contributed by atoms with Crippen molar-refractivity contribution in [2.75, 3.05) is 6.61 Å². The van der Waals surface area contributed by atoms with E-state index < -0.39 is 10.5 Å². The lowest BCUT2D eigenvalue weighted by Gasteiger charge is -2.12. The van der Waals surface area contributed by atoms with Gasteiger partial charge in [0, 0.05) is 23.4 Å². The van der Waals surface area contributed by atoms with Crippen LogP contribution >= 0.6 is 0 Å². The number of nitro groups is 1. The first-order valence-electron chi connectivity index (χ1n) is 9.84. The van der Waals surface area contributed by atoms with Gasteiger partial charge in [-0.2, -0.15) is 14.8 Å². The first kappa shape index (κ1) is 21.8. The molecule has 162 valence electrons. The SMILES string of the molecule is CCCc1c(C)nc(-n2[nH]c(C)c(N=Nc3ccc([N+](=O)[O-])cc3)c2=O)nc1OCC. The van der Waals surface area contributed by atoms with E-state index >= 15 is 0 Å². The fourth-order valence-electron chi connectivity index (χ4n) is 2.99. The summed E-state index contributed by atoms with van der Waals surface area (Å²) < 4.78 is 6.87. The lowest BCUT2D eigenvalue weighted by atomic mass is 10.1. The van der Waals surface area contributed by atoms with Gasteiger partial charge in [0.2, 0.25) is 5.88 Å². The third kappa shape index (κ3) is 4.65. The number of ether oxygens (including phenoxy) is 1. The molecule has 2 aromatic heterocycles. The van der Waals surface area contributed by atoms with Crippen molar-refractivity contribution in [2.45, 2.75) is 40.5 Å². The van der Waals surface area contributed by atoms with E-state index in [1.165, 1.54) is 28.9 Å². The van der Waals surface area contributed by atoms with E-state index in [9.17, 15) is 14.9 Å². The van der Waals surface area contributed by atoms with Crippen LogP contribution in [0.4, 0.5) is 17.1 Å². The van der Waals surface area contributed by atoms with Gasteiger partial charge in [-0.25, -0.2) is 4.98 Å². The highest BCUT2D eigenvalue weighted by molar-refractivity contribution is 5.46. The number of hydrogen-bond acceptors (Lipinski definition) is 8. The highest BCUT2D eigenvalue weighted by atomic mass is 16.6. The summed E-state index contributed by atoms with van der Waals surface area (Å²) in [6.07, 6.45) is 1.69. The van der Waals surface area contributed by atoms with E-state index in [4.69, 9.17) is 4.74 Å². The van der Waals surface area contributed by atoms with Crippen LogP contribution in [0.1, 0.15) is 37.2 Å². The molecule has 0 atom stereocenters. The molecule has 0 aliphatic rings. The highest BCUT2D eigenvalue weighted by Gasteiger charge is 2.18. The standard InChI is InChI=1S/C20H23N7O4/c1-5-7-16-12(3)21-20(22-18(16)31-6-2)26-19(28)17(13(4)25-26)24-23-14-8-10-15(11-9-14)27(29)30/h8-11,25H,5-7H2,1-4H3. The van der Waals surface area contributed by atoms with Gasteiger partial charge < -0.3 is 4.74 Å². The summed E-state index contributed by atoms with van der Waals surface area (Å²) in [6.45, 7) is 7.91. The predicted molar refractivity (Wildman–Crippen MR) is 114 cm³/mol. The molecule has 0 aliphatic carbocycles. The van der Waals surface area contributed by atoms with E-state index in [2.05, 4.69) is 32.2 Å². The largest absolute Gasteiger partial charge is 0.478 e. The molecule has 11 nitrogen and oxygen atoms in total. The molecule has 1 aromatic carbocycles. The molecule has 3 aromatic rings. The van der Waals surface area contributed by atoms with Gasteiger partial charge in [0.15, 0.2) is 5.69 Å². The molecule has 0 amide bonds. The Morgan fingerprint density at radius 1 is 1.16 bits per heavy atom. The van der Waals surface area contributed by atoms with E-state index in [-0.39, 0.29) is 17.3 Å². The number of benzene rings is 1. The van der Waals surface area contributed by atoms with Crippen molar-refractivity contribution in [2.24, 2.45) is 10.2 Å². The quantitative estimate of drug-likeness (QED) is 0.325. The molecule has 3 rings (SSSR count). The second-order valence-electron chi connectivity index (χ2n) is 6.78. The van der Waals surface area contributed by atoms with Crippen LogP contribution in [0.2, 0.25) is 0 Å². The number of rotatable bonds is 8. The lowest BCUT2D eigenvalue weighted by molar-refractivity contribution is -0.384. The molecule has 0 unspecified atom stereocenters. The zero-order chi connectivity index (χ0) is 22.5. The summed E-state index contributed by atoms with van der Waals surface area (Å²) in [7, 11) is 0. The molecular formula is C20H23N7O4. The van der Waals surface area contributed by atoms with E-state index in [0.717, 1.165) is 24.1 Å². The second kappa shape index (κ2) is 9.28. The summed E-state index contributed by atoms with van der Waals surface area (Å²) >= 11 is 0. The molecule has 0 aliphatic heterocycles. The van der Waals surface area contributed by atoms with E-state index in [1.54, 1.807) is 6.92 Å². The summed E-state index contributed by atoms with van der Waals surface area (Å²) in [5.74, 6) is 0.616. The number of nitro benzene ring substituents is 1. The summed E-state index contributed by atoms with van der Waals surface area (Å²) in [5, 5.41) is 21.7. The Morgan fingerprint density at radius 3 is 2.48 bits per heavy atom. The predicted octanol–water partition coefficient (Wildman–Crippen LogP) is 4.25. The molecule has 0 spiro atoms. The Labute approximate surface area is 178 Å². The first-order valence-corrected chi connectivity index (χ1v) is 9.84. The Kier molecular flexibility index (Phi) is 6.53. The molecular weight excluding hydrogens is 402 g/mol. The Balaban J connectivity index is 1.97. The Morgan fingerprint density at radius 2 is 1.87 bits per heavy atom. The van der Waals surface area contributed by atoms with Gasteiger partial charge in [-0.1, -0.05) is 13.3 Å². The molecule has 0 saturated carbocycles.